The van der Waals surface area contributed by atoms with Crippen molar-refractivity contribution in [3.8, 4) is 5.75 Å². The molecule has 1 aliphatic carbocycles. The predicted octanol–water partition coefficient (Wildman–Crippen LogP) is 3.89. The van der Waals surface area contributed by atoms with E-state index < -0.39 is 0 Å². The summed E-state index contributed by atoms with van der Waals surface area (Å²) in [5.74, 6) is 1.66. The molecule has 3 nitrogen and oxygen atoms in total. The first-order valence-corrected chi connectivity index (χ1v) is 7.58. The summed E-state index contributed by atoms with van der Waals surface area (Å²) < 4.78 is 5.25. The molecule has 0 amide bonds. The van der Waals surface area contributed by atoms with Gasteiger partial charge < -0.3 is 10.1 Å². The van der Waals surface area contributed by atoms with E-state index in [-0.39, 0.29) is 0 Å². The molecule has 110 valence electrons. The maximum absolute atomic E-state index is 5.25. The summed E-state index contributed by atoms with van der Waals surface area (Å²) in [4.78, 5) is 4.21. The van der Waals surface area contributed by atoms with Crippen LogP contribution in [0.2, 0.25) is 0 Å². The lowest BCUT2D eigenvalue weighted by atomic mass is 10.00. The van der Waals surface area contributed by atoms with Gasteiger partial charge in [0.2, 0.25) is 0 Å². The Bertz CT molecular complexity index is 564. The monoisotopic (exact) mass is 282 g/mol. The van der Waals surface area contributed by atoms with Crippen LogP contribution in [0, 0.1) is 5.92 Å². The topological polar surface area (TPSA) is 34.1 Å². The number of hydrogen-bond acceptors (Lipinski definition) is 3. The van der Waals surface area contributed by atoms with E-state index in [2.05, 4.69) is 35.4 Å². The largest absolute Gasteiger partial charge is 0.497 e. The molecule has 21 heavy (non-hydrogen) atoms. The van der Waals surface area contributed by atoms with E-state index in [1.54, 1.807) is 7.11 Å². The Labute approximate surface area is 126 Å². The van der Waals surface area contributed by atoms with Gasteiger partial charge in [-0.2, -0.15) is 0 Å². The molecule has 1 aliphatic rings. The molecule has 1 aromatic carbocycles. The summed E-state index contributed by atoms with van der Waals surface area (Å²) in [5.41, 5.74) is 2.57. The molecular formula is C18H22N2O. The molecule has 2 aromatic rings. The van der Waals surface area contributed by atoms with Crippen LogP contribution in [0.5, 0.6) is 5.75 Å². The molecule has 0 spiro atoms. The van der Waals surface area contributed by atoms with E-state index in [0.717, 1.165) is 11.7 Å². The second kappa shape index (κ2) is 6.27. The second-order valence-electron chi connectivity index (χ2n) is 5.76. The fourth-order valence-electron chi connectivity index (χ4n) is 2.74. The van der Waals surface area contributed by atoms with Gasteiger partial charge in [-0.15, -0.1) is 0 Å². The smallest absolute Gasteiger partial charge is 0.118 e. The number of rotatable bonds is 6. The third-order valence-electron chi connectivity index (χ3n) is 4.18. The van der Waals surface area contributed by atoms with Crippen molar-refractivity contribution in [3.05, 3.63) is 59.9 Å². The van der Waals surface area contributed by atoms with Gasteiger partial charge in [-0.05, 0) is 55.0 Å². The Hall–Kier alpha value is -1.87. The van der Waals surface area contributed by atoms with Gasteiger partial charge in [-0.3, -0.25) is 4.98 Å². The summed E-state index contributed by atoms with van der Waals surface area (Å²) in [7, 11) is 1.70. The van der Waals surface area contributed by atoms with Gasteiger partial charge in [0.1, 0.15) is 5.75 Å². The first kappa shape index (κ1) is 14.1. The molecule has 3 heteroatoms. The van der Waals surface area contributed by atoms with Crippen LogP contribution >= 0.6 is 0 Å². The fourth-order valence-corrected chi connectivity index (χ4v) is 2.74. The lowest BCUT2D eigenvalue weighted by Gasteiger charge is -2.24. The van der Waals surface area contributed by atoms with Crippen LogP contribution in [0.15, 0.2) is 48.8 Å². The molecule has 0 aliphatic heterocycles. The number of nitrogens with one attached hydrogen (secondary N) is 1. The minimum atomic E-state index is 0.298. The number of ether oxygens (including phenoxy) is 1. The summed E-state index contributed by atoms with van der Waals surface area (Å²) >= 11 is 0. The van der Waals surface area contributed by atoms with Crippen molar-refractivity contribution in [1.29, 1.82) is 0 Å². The highest BCUT2D eigenvalue weighted by atomic mass is 16.5. The quantitative estimate of drug-likeness (QED) is 0.872. The molecule has 0 bridgehead atoms. The highest BCUT2D eigenvalue weighted by Crippen LogP contribution is 2.42. The third kappa shape index (κ3) is 3.42. The van der Waals surface area contributed by atoms with Crippen LogP contribution in [-0.2, 0) is 0 Å². The van der Waals surface area contributed by atoms with E-state index in [1.807, 2.05) is 30.6 Å². The minimum Gasteiger partial charge on any atom is -0.497 e. The van der Waals surface area contributed by atoms with E-state index in [4.69, 9.17) is 4.74 Å². The average Bonchev–Trinajstić information content (AvgIpc) is 3.38. The highest BCUT2D eigenvalue weighted by molar-refractivity contribution is 5.30. The molecular weight excluding hydrogens is 260 g/mol. The summed E-state index contributed by atoms with van der Waals surface area (Å²) in [6.07, 6.45) is 6.38. The Kier molecular flexibility index (Phi) is 4.20. The molecule has 1 N–H and O–H groups in total. The summed E-state index contributed by atoms with van der Waals surface area (Å²) in [6.45, 7) is 2.20. The van der Waals surface area contributed by atoms with Crippen LogP contribution in [0.25, 0.3) is 0 Å². The van der Waals surface area contributed by atoms with Crippen LogP contribution in [-0.4, -0.2) is 12.1 Å². The van der Waals surface area contributed by atoms with Crippen LogP contribution in [0.3, 0.4) is 0 Å². The zero-order chi connectivity index (χ0) is 14.7. The lowest BCUT2D eigenvalue weighted by Crippen LogP contribution is -2.26. The average molecular weight is 282 g/mol. The van der Waals surface area contributed by atoms with Crippen molar-refractivity contribution in [2.75, 3.05) is 7.11 Å². The van der Waals surface area contributed by atoms with Crippen LogP contribution in [0.4, 0.5) is 0 Å². The summed E-state index contributed by atoms with van der Waals surface area (Å²) in [6, 6.07) is 13.3. The van der Waals surface area contributed by atoms with Crippen molar-refractivity contribution in [2.45, 2.75) is 31.8 Å². The van der Waals surface area contributed by atoms with Gasteiger partial charge in [0, 0.05) is 24.5 Å². The van der Waals surface area contributed by atoms with E-state index in [0.29, 0.717) is 12.1 Å². The number of benzene rings is 1. The maximum Gasteiger partial charge on any atom is 0.118 e. The fraction of sp³-hybridized carbons (Fsp3) is 0.389. The van der Waals surface area contributed by atoms with Gasteiger partial charge in [-0.1, -0.05) is 18.2 Å². The molecule has 1 fully saturated rings. The second-order valence-corrected chi connectivity index (χ2v) is 5.76. The highest BCUT2D eigenvalue weighted by Gasteiger charge is 2.33. The molecule has 3 rings (SSSR count). The Balaban J connectivity index is 1.75. The zero-order valence-corrected chi connectivity index (χ0v) is 12.6. The van der Waals surface area contributed by atoms with E-state index in [9.17, 15) is 0 Å². The molecule has 1 unspecified atom stereocenters. The van der Waals surface area contributed by atoms with Crippen molar-refractivity contribution >= 4 is 0 Å². The Morgan fingerprint density at radius 1 is 1.14 bits per heavy atom. The van der Waals surface area contributed by atoms with Crippen molar-refractivity contribution in [1.82, 2.24) is 10.3 Å². The van der Waals surface area contributed by atoms with E-state index in [1.165, 1.54) is 24.0 Å². The number of pyridine rings is 1. The van der Waals surface area contributed by atoms with Gasteiger partial charge in [0.05, 0.1) is 7.11 Å². The van der Waals surface area contributed by atoms with E-state index >= 15 is 0 Å². The van der Waals surface area contributed by atoms with Gasteiger partial charge in [0.25, 0.3) is 0 Å². The third-order valence-corrected chi connectivity index (χ3v) is 4.18. The molecule has 1 heterocycles. The molecule has 1 aromatic heterocycles. The Morgan fingerprint density at radius 3 is 2.48 bits per heavy atom. The SMILES string of the molecule is COc1ccc(C(N[C@H](C)c2cccnc2)C2CC2)cc1. The first-order valence-electron chi connectivity index (χ1n) is 7.58. The molecule has 1 saturated carbocycles. The molecule has 0 radical (unpaired) electrons. The zero-order valence-electron chi connectivity index (χ0n) is 12.6. The van der Waals surface area contributed by atoms with Crippen LogP contribution in [0.1, 0.15) is 43.0 Å². The van der Waals surface area contributed by atoms with Crippen molar-refractivity contribution in [3.63, 3.8) is 0 Å². The standard InChI is InChI=1S/C18H22N2O/c1-13(16-4-3-11-19-12-16)20-18(14-5-6-14)15-7-9-17(21-2)10-8-15/h3-4,7-14,18,20H,5-6H2,1-2H3/t13-,18?/m1/s1. The van der Waals surface area contributed by atoms with Gasteiger partial charge in [-0.25, -0.2) is 0 Å². The van der Waals surface area contributed by atoms with Gasteiger partial charge >= 0.3 is 0 Å². The number of aromatic nitrogens is 1. The molecule has 0 saturated heterocycles. The number of methoxy groups -OCH3 is 1. The predicted molar refractivity (Wildman–Crippen MR) is 84.2 cm³/mol. The lowest BCUT2D eigenvalue weighted by molar-refractivity contribution is 0.411. The first-order chi connectivity index (χ1) is 10.3. The normalized spacial score (nSPS) is 17.2. The van der Waals surface area contributed by atoms with Crippen LogP contribution < -0.4 is 10.1 Å². The summed E-state index contributed by atoms with van der Waals surface area (Å²) in [5, 5.41) is 3.77. The Morgan fingerprint density at radius 2 is 1.90 bits per heavy atom. The number of hydrogen-bond donors (Lipinski definition) is 1. The van der Waals surface area contributed by atoms with Crippen molar-refractivity contribution < 1.29 is 4.74 Å². The minimum absolute atomic E-state index is 0.298. The molecule has 2 atom stereocenters. The van der Waals surface area contributed by atoms with Crippen molar-refractivity contribution in [2.24, 2.45) is 5.92 Å². The number of nitrogens with zero attached hydrogens (tertiary/aromatic N) is 1. The van der Waals surface area contributed by atoms with Gasteiger partial charge in [0.15, 0.2) is 0 Å². The maximum atomic E-state index is 5.25.